The summed E-state index contributed by atoms with van der Waals surface area (Å²) in [7, 11) is 0.800. The molecule has 26 heavy (non-hydrogen) atoms. The fourth-order valence-corrected chi connectivity index (χ4v) is 2.92. The number of halogens is 4. The summed E-state index contributed by atoms with van der Waals surface area (Å²) in [5.74, 6) is -1.65. The third kappa shape index (κ3) is 3.64. The van der Waals surface area contributed by atoms with Crippen LogP contribution in [0.5, 0.6) is 0 Å². The van der Waals surface area contributed by atoms with Gasteiger partial charge in [0.2, 0.25) is 0 Å². The van der Waals surface area contributed by atoms with E-state index in [0.29, 0.717) is 5.56 Å². The van der Waals surface area contributed by atoms with E-state index in [1.807, 2.05) is 0 Å². The predicted molar refractivity (Wildman–Crippen MR) is 94.9 cm³/mol. The van der Waals surface area contributed by atoms with E-state index in [2.05, 4.69) is 15.9 Å². The lowest BCUT2D eigenvalue weighted by Crippen LogP contribution is -2.53. The number of carbonyl (C=O) groups excluding carboxylic acids is 1. The van der Waals surface area contributed by atoms with Crippen molar-refractivity contribution in [1.29, 1.82) is 0 Å². The SMILES string of the molecule is [2H][C@H](Br)C(C)(OC(=O)[C@](OC)(c1ccccc1)C(F)(F)F)c1ccccc1. The Morgan fingerprint density at radius 2 is 1.50 bits per heavy atom. The molecule has 0 aliphatic carbocycles. The smallest absolute Gasteiger partial charge is 0.432 e. The molecule has 0 saturated carbocycles. The first-order chi connectivity index (χ1) is 12.6. The molecule has 0 aliphatic rings. The average Bonchev–Trinajstić information content (AvgIpc) is 2.63. The number of benzene rings is 2. The van der Waals surface area contributed by atoms with Crippen molar-refractivity contribution in [3.8, 4) is 0 Å². The van der Waals surface area contributed by atoms with Gasteiger partial charge in [0.15, 0.2) is 0 Å². The highest BCUT2D eigenvalue weighted by Gasteiger charge is 2.64. The van der Waals surface area contributed by atoms with Gasteiger partial charge in [-0.1, -0.05) is 76.6 Å². The van der Waals surface area contributed by atoms with Crippen LogP contribution in [0.1, 0.15) is 19.4 Å². The molecule has 0 fully saturated rings. The molecule has 0 saturated heterocycles. The number of methoxy groups -OCH3 is 1. The summed E-state index contributed by atoms with van der Waals surface area (Å²) in [6.07, 6.45) is -5.08. The topological polar surface area (TPSA) is 35.5 Å². The second kappa shape index (κ2) is 7.80. The number of hydrogen-bond donors (Lipinski definition) is 0. The van der Waals surface area contributed by atoms with E-state index in [1.54, 1.807) is 30.3 Å². The summed E-state index contributed by atoms with van der Waals surface area (Å²) in [6, 6.07) is 14.7. The van der Waals surface area contributed by atoms with Crippen molar-refractivity contribution in [3.63, 3.8) is 0 Å². The Morgan fingerprint density at radius 3 is 1.88 bits per heavy atom. The van der Waals surface area contributed by atoms with Crippen LogP contribution < -0.4 is 0 Å². The Labute approximate surface area is 159 Å². The van der Waals surface area contributed by atoms with Gasteiger partial charge in [0.1, 0.15) is 5.60 Å². The molecule has 1 unspecified atom stereocenters. The van der Waals surface area contributed by atoms with Crippen LogP contribution >= 0.6 is 15.9 Å². The number of ether oxygens (including phenoxy) is 2. The molecule has 0 radical (unpaired) electrons. The van der Waals surface area contributed by atoms with E-state index < -0.39 is 34.2 Å². The highest BCUT2D eigenvalue weighted by atomic mass is 79.9. The zero-order valence-electron chi connectivity index (χ0n) is 15.1. The fourth-order valence-electron chi connectivity index (χ4n) is 2.56. The van der Waals surface area contributed by atoms with Gasteiger partial charge in [0.25, 0.3) is 5.60 Å². The monoisotopic (exact) mass is 431 g/mol. The summed E-state index contributed by atoms with van der Waals surface area (Å²) in [5.41, 5.74) is -5.03. The van der Waals surface area contributed by atoms with Crippen molar-refractivity contribution in [2.24, 2.45) is 0 Å². The molecular weight excluding hydrogens is 413 g/mol. The van der Waals surface area contributed by atoms with E-state index in [1.165, 1.54) is 25.1 Å². The molecule has 2 rings (SSSR count). The lowest BCUT2D eigenvalue weighted by Gasteiger charge is -2.36. The Hall–Kier alpha value is -1.86. The molecule has 0 aromatic heterocycles. The second-order valence-corrected chi connectivity index (χ2v) is 6.18. The zero-order valence-corrected chi connectivity index (χ0v) is 15.7. The maximum absolute atomic E-state index is 14.0. The van der Waals surface area contributed by atoms with Gasteiger partial charge in [-0.05, 0) is 12.5 Å². The largest absolute Gasteiger partial charge is 0.451 e. The van der Waals surface area contributed by atoms with Crippen molar-refractivity contribution in [1.82, 2.24) is 0 Å². The normalized spacial score (nSPS) is 18.2. The second-order valence-electron chi connectivity index (χ2n) is 5.72. The van der Waals surface area contributed by atoms with Gasteiger partial charge in [-0.25, -0.2) is 4.79 Å². The molecule has 0 aliphatic heterocycles. The summed E-state index contributed by atoms with van der Waals surface area (Å²) in [6.45, 7) is 1.37. The molecule has 0 heterocycles. The first kappa shape index (κ1) is 18.9. The van der Waals surface area contributed by atoms with E-state index in [0.717, 1.165) is 19.2 Å². The van der Waals surface area contributed by atoms with Crippen LogP contribution in [-0.4, -0.2) is 24.6 Å². The van der Waals surface area contributed by atoms with E-state index in [4.69, 9.17) is 10.8 Å². The van der Waals surface area contributed by atoms with Gasteiger partial charge in [-0.15, -0.1) is 0 Å². The Balaban J connectivity index is 2.56. The van der Waals surface area contributed by atoms with Crippen molar-refractivity contribution in [2.75, 3.05) is 12.4 Å². The van der Waals surface area contributed by atoms with Gasteiger partial charge in [-0.3, -0.25) is 0 Å². The van der Waals surface area contributed by atoms with Gasteiger partial charge in [0, 0.05) is 19.4 Å². The number of carbonyl (C=O) groups is 1. The van der Waals surface area contributed by atoms with Crippen LogP contribution in [0.25, 0.3) is 0 Å². The zero-order chi connectivity index (χ0) is 20.3. The first-order valence-electron chi connectivity index (χ1n) is 8.20. The minimum atomic E-state index is -5.08. The van der Waals surface area contributed by atoms with Gasteiger partial charge in [-0.2, -0.15) is 13.2 Å². The first-order valence-corrected chi connectivity index (χ1v) is 8.54. The molecule has 0 bridgehead atoms. The summed E-state index contributed by atoms with van der Waals surface area (Å²) in [4.78, 5) is 12.9. The number of rotatable bonds is 6. The van der Waals surface area contributed by atoms with Crippen molar-refractivity contribution >= 4 is 21.9 Å². The van der Waals surface area contributed by atoms with Crippen LogP contribution in [0.2, 0.25) is 0 Å². The standard InChI is InChI=1S/C19H18BrF3O3/c1-17(13-20,14-9-5-3-6-10-14)26-16(24)18(25-2,19(21,22)23)15-11-7-4-8-12-15/h3-12H,13H2,1-2H3/t17?,18-/m1/s1/i13D/t13-,17?,18+/m0. The summed E-state index contributed by atoms with van der Waals surface area (Å²) >= 11 is 3.02. The highest BCUT2D eigenvalue weighted by Crippen LogP contribution is 2.44. The van der Waals surface area contributed by atoms with E-state index in [-0.39, 0.29) is 0 Å². The minimum Gasteiger partial charge on any atom is -0.451 e. The van der Waals surface area contributed by atoms with Gasteiger partial charge >= 0.3 is 12.1 Å². The molecule has 2 aromatic rings. The fraction of sp³-hybridized carbons (Fsp3) is 0.316. The van der Waals surface area contributed by atoms with Crippen LogP contribution in [-0.2, 0) is 25.5 Å². The highest BCUT2D eigenvalue weighted by molar-refractivity contribution is 9.09. The molecule has 0 spiro atoms. The summed E-state index contributed by atoms with van der Waals surface area (Å²) < 4.78 is 60.1. The maximum Gasteiger partial charge on any atom is 0.432 e. The van der Waals surface area contributed by atoms with E-state index in [9.17, 15) is 18.0 Å². The molecule has 7 heteroatoms. The van der Waals surface area contributed by atoms with Crippen LogP contribution in [0, 0.1) is 0 Å². The van der Waals surface area contributed by atoms with Crippen LogP contribution in [0.3, 0.4) is 0 Å². The Kier molecular flexibility index (Phi) is 5.67. The van der Waals surface area contributed by atoms with Crippen LogP contribution in [0.15, 0.2) is 60.7 Å². The van der Waals surface area contributed by atoms with Gasteiger partial charge < -0.3 is 9.47 Å². The summed E-state index contributed by atoms with van der Waals surface area (Å²) in [5, 5.41) is -1.21. The molecule has 0 amide bonds. The maximum atomic E-state index is 14.0. The third-order valence-electron chi connectivity index (χ3n) is 4.03. The van der Waals surface area contributed by atoms with Crippen molar-refractivity contribution in [2.45, 2.75) is 24.3 Å². The molecule has 0 N–H and O–H groups in total. The molecule has 3 atom stereocenters. The van der Waals surface area contributed by atoms with Crippen molar-refractivity contribution in [3.05, 3.63) is 71.8 Å². The quantitative estimate of drug-likeness (QED) is 0.479. The lowest BCUT2D eigenvalue weighted by atomic mass is 9.91. The third-order valence-corrected chi connectivity index (χ3v) is 4.91. The van der Waals surface area contributed by atoms with Crippen LogP contribution in [0.4, 0.5) is 13.2 Å². The number of hydrogen-bond acceptors (Lipinski definition) is 3. The average molecular weight is 432 g/mol. The Morgan fingerprint density at radius 1 is 1.04 bits per heavy atom. The van der Waals surface area contributed by atoms with E-state index >= 15 is 0 Å². The van der Waals surface area contributed by atoms with Gasteiger partial charge in [0.05, 0.1) is 0 Å². The Bertz CT molecular complexity index is 771. The number of esters is 1. The lowest BCUT2D eigenvalue weighted by molar-refractivity contribution is -0.280. The molecular formula is C19H18BrF3O3. The van der Waals surface area contributed by atoms with Crippen molar-refractivity contribution < 1.29 is 28.8 Å². The minimum absolute atomic E-state index is 0.371. The molecule has 2 aromatic carbocycles. The predicted octanol–water partition coefficient (Wildman–Crippen LogP) is 4.94. The number of alkyl halides is 4. The molecule has 3 nitrogen and oxygen atoms in total. The molecule has 140 valence electrons.